The highest BCUT2D eigenvalue weighted by molar-refractivity contribution is 6.00. The molecule has 0 heterocycles. The summed E-state index contributed by atoms with van der Waals surface area (Å²) in [4.78, 5) is 12.5. The van der Waals surface area contributed by atoms with Gasteiger partial charge in [0.15, 0.2) is 6.10 Å². The fourth-order valence-electron chi connectivity index (χ4n) is 2.15. The molecule has 0 N–H and O–H groups in total. The van der Waals surface area contributed by atoms with Crippen LogP contribution in [-0.4, -0.2) is 11.9 Å². The monoisotopic (exact) mass is 268 g/mol. The normalized spacial score (nSPS) is 12.0. The first-order chi connectivity index (χ1) is 9.49. The van der Waals surface area contributed by atoms with E-state index in [2.05, 4.69) is 0 Å². The molecule has 2 heteroatoms. The molecular formula is C18H20O2. The molecule has 0 spiro atoms. The van der Waals surface area contributed by atoms with Gasteiger partial charge in [-0.15, -0.1) is 0 Å². The highest BCUT2D eigenvalue weighted by Gasteiger charge is 2.19. The quantitative estimate of drug-likeness (QED) is 0.774. The second-order valence-electron chi connectivity index (χ2n) is 5.21. The number of hydrogen-bond donors (Lipinski definition) is 0. The van der Waals surface area contributed by atoms with Crippen LogP contribution >= 0.6 is 0 Å². The number of Topliss-reactive ketones (excluding diaryl/α,β-unsaturated/α-hetero) is 1. The molecule has 0 saturated heterocycles. The second kappa shape index (κ2) is 5.91. The molecule has 2 aromatic carbocycles. The van der Waals surface area contributed by atoms with Crippen LogP contribution in [0.25, 0.3) is 0 Å². The van der Waals surface area contributed by atoms with Crippen molar-refractivity contribution >= 4 is 5.78 Å². The Morgan fingerprint density at radius 3 is 2.40 bits per heavy atom. The van der Waals surface area contributed by atoms with Crippen molar-refractivity contribution in [2.75, 3.05) is 0 Å². The maximum atomic E-state index is 12.5. The first-order valence-corrected chi connectivity index (χ1v) is 6.83. The third kappa shape index (κ3) is 3.08. The van der Waals surface area contributed by atoms with Crippen molar-refractivity contribution in [1.82, 2.24) is 0 Å². The summed E-state index contributed by atoms with van der Waals surface area (Å²) in [5.41, 5.74) is 3.85. The van der Waals surface area contributed by atoms with Gasteiger partial charge in [0.1, 0.15) is 5.75 Å². The number of hydrogen-bond acceptors (Lipinski definition) is 2. The van der Waals surface area contributed by atoms with Gasteiger partial charge in [0.25, 0.3) is 0 Å². The van der Waals surface area contributed by atoms with Crippen LogP contribution in [-0.2, 0) is 0 Å². The number of ketones is 1. The first-order valence-electron chi connectivity index (χ1n) is 6.83. The van der Waals surface area contributed by atoms with Crippen LogP contribution in [0, 0.1) is 20.8 Å². The fourth-order valence-corrected chi connectivity index (χ4v) is 2.15. The SMILES string of the molecule is Cc1ccc(C)c(C(=O)C(C)Oc2ccccc2C)c1. The molecule has 0 amide bonds. The van der Waals surface area contributed by atoms with Crippen molar-refractivity contribution in [2.45, 2.75) is 33.8 Å². The predicted molar refractivity (Wildman–Crippen MR) is 81.5 cm³/mol. The van der Waals surface area contributed by atoms with E-state index in [4.69, 9.17) is 4.74 Å². The van der Waals surface area contributed by atoms with E-state index in [0.717, 1.165) is 28.0 Å². The van der Waals surface area contributed by atoms with Gasteiger partial charge >= 0.3 is 0 Å². The predicted octanol–water partition coefficient (Wildman–Crippen LogP) is 4.26. The third-order valence-corrected chi connectivity index (χ3v) is 3.43. The summed E-state index contributed by atoms with van der Waals surface area (Å²) in [5.74, 6) is 0.785. The van der Waals surface area contributed by atoms with Crippen molar-refractivity contribution in [3.05, 3.63) is 64.7 Å². The molecule has 0 aromatic heterocycles. The zero-order valence-electron chi connectivity index (χ0n) is 12.4. The van der Waals surface area contributed by atoms with Crippen LogP contribution in [0.2, 0.25) is 0 Å². The number of carbonyl (C=O) groups excluding carboxylic acids is 1. The van der Waals surface area contributed by atoms with E-state index >= 15 is 0 Å². The van der Waals surface area contributed by atoms with Crippen molar-refractivity contribution < 1.29 is 9.53 Å². The molecule has 0 fully saturated rings. The summed E-state index contributed by atoms with van der Waals surface area (Å²) in [6.07, 6.45) is -0.489. The van der Waals surface area contributed by atoms with E-state index in [0.29, 0.717) is 0 Å². The molecule has 1 unspecified atom stereocenters. The number of aryl methyl sites for hydroxylation is 3. The highest BCUT2D eigenvalue weighted by Crippen LogP contribution is 2.20. The van der Waals surface area contributed by atoms with Gasteiger partial charge in [-0.25, -0.2) is 0 Å². The van der Waals surface area contributed by atoms with Crippen LogP contribution in [0.15, 0.2) is 42.5 Å². The molecule has 2 rings (SSSR count). The molecule has 0 aliphatic heterocycles. The Hall–Kier alpha value is -2.09. The summed E-state index contributed by atoms with van der Waals surface area (Å²) in [6.45, 7) is 7.72. The third-order valence-electron chi connectivity index (χ3n) is 3.43. The Morgan fingerprint density at radius 1 is 1.00 bits per heavy atom. The van der Waals surface area contributed by atoms with Gasteiger partial charge in [-0.1, -0.05) is 35.9 Å². The van der Waals surface area contributed by atoms with Crippen LogP contribution < -0.4 is 4.74 Å². The number of para-hydroxylation sites is 1. The molecule has 0 radical (unpaired) electrons. The Balaban J connectivity index is 2.21. The summed E-state index contributed by atoms with van der Waals surface area (Å²) in [6, 6.07) is 13.7. The lowest BCUT2D eigenvalue weighted by atomic mass is 9.99. The first kappa shape index (κ1) is 14.3. The van der Waals surface area contributed by atoms with E-state index in [9.17, 15) is 4.79 Å². The molecule has 20 heavy (non-hydrogen) atoms. The van der Waals surface area contributed by atoms with E-state index in [1.807, 2.05) is 63.2 Å². The summed E-state index contributed by atoms with van der Waals surface area (Å²) < 4.78 is 5.81. The van der Waals surface area contributed by atoms with E-state index < -0.39 is 6.10 Å². The van der Waals surface area contributed by atoms with Crippen molar-refractivity contribution in [1.29, 1.82) is 0 Å². The van der Waals surface area contributed by atoms with Crippen molar-refractivity contribution in [3.63, 3.8) is 0 Å². The summed E-state index contributed by atoms with van der Waals surface area (Å²) in [7, 11) is 0. The van der Waals surface area contributed by atoms with Crippen LogP contribution in [0.4, 0.5) is 0 Å². The Labute approximate surface area is 120 Å². The molecule has 0 aliphatic rings. The largest absolute Gasteiger partial charge is 0.482 e. The maximum absolute atomic E-state index is 12.5. The zero-order chi connectivity index (χ0) is 14.7. The van der Waals surface area contributed by atoms with Gasteiger partial charge in [-0.3, -0.25) is 4.79 Å². The highest BCUT2D eigenvalue weighted by atomic mass is 16.5. The van der Waals surface area contributed by atoms with Crippen molar-refractivity contribution in [3.8, 4) is 5.75 Å². The molecule has 2 aromatic rings. The second-order valence-corrected chi connectivity index (χ2v) is 5.21. The lowest BCUT2D eigenvalue weighted by Gasteiger charge is -2.16. The minimum atomic E-state index is -0.489. The molecule has 104 valence electrons. The summed E-state index contributed by atoms with van der Waals surface area (Å²) >= 11 is 0. The number of carbonyl (C=O) groups is 1. The molecule has 1 atom stereocenters. The molecule has 0 saturated carbocycles. The van der Waals surface area contributed by atoms with Crippen LogP contribution in [0.1, 0.15) is 34.0 Å². The zero-order valence-corrected chi connectivity index (χ0v) is 12.4. The number of benzene rings is 2. The Morgan fingerprint density at radius 2 is 1.70 bits per heavy atom. The average molecular weight is 268 g/mol. The standard InChI is InChI=1S/C18H20O2/c1-12-9-10-13(2)16(11-12)18(19)15(4)20-17-8-6-5-7-14(17)3/h5-11,15H,1-4H3. The molecule has 0 aliphatic carbocycles. The minimum absolute atomic E-state index is 0.0226. The topological polar surface area (TPSA) is 26.3 Å². The molecular weight excluding hydrogens is 248 g/mol. The van der Waals surface area contributed by atoms with Gasteiger partial charge < -0.3 is 4.74 Å². The number of rotatable bonds is 4. The van der Waals surface area contributed by atoms with Crippen LogP contribution in [0.3, 0.4) is 0 Å². The Kier molecular flexibility index (Phi) is 4.23. The molecule has 0 bridgehead atoms. The molecule has 2 nitrogen and oxygen atoms in total. The van der Waals surface area contributed by atoms with Gasteiger partial charge in [-0.2, -0.15) is 0 Å². The smallest absolute Gasteiger partial charge is 0.203 e. The van der Waals surface area contributed by atoms with E-state index in [-0.39, 0.29) is 5.78 Å². The lowest BCUT2D eigenvalue weighted by Crippen LogP contribution is -2.25. The lowest BCUT2D eigenvalue weighted by molar-refractivity contribution is 0.0816. The Bertz CT molecular complexity index is 629. The van der Waals surface area contributed by atoms with Gasteiger partial charge in [0, 0.05) is 5.56 Å². The van der Waals surface area contributed by atoms with E-state index in [1.165, 1.54) is 0 Å². The maximum Gasteiger partial charge on any atom is 0.203 e. The van der Waals surface area contributed by atoms with Gasteiger partial charge in [0.05, 0.1) is 0 Å². The van der Waals surface area contributed by atoms with Crippen molar-refractivity contribution in [2.24, 2.45) is 0 Å². The van der Waals surface area contributed by atoms with Gasteiger partial charge in [-0.05, 0) is 51.0 Å². The average Bonchev–Trinajstić information content (AvgIpc) is 2.43. The number of ether oxygens (including phenoxy) is 1. The summed E-state index contributed by atoms with van der Waals surface area (Å²) in [5, 5.41) is 0. The minimum Gasteiger partial charge on any atom is -0.482 e. The van der Waals surface area contributed by atoms with Crippen LogP contribution in [0.5, 0.6) is 5.75 Å². The van der Waals surface area contributed by atoms with E-state index in [1.54, 1.807) is 6.92 Å². The van der Waals surface area contributed by atoms with Gasteiger partial charge in [0.2, 0.25) is 5.78 Å². The fraction of sp³-hybridized carbons (Fsp3) is 0.278.